The van der Waals surface area contributed by atoms with Gasteiger partial charge in [0.05, 0.1) is 6.61 Å². The summed E-state index contributed by atoms with van der Waals surface area (Å²) in [7, 11) is 0. The van der Waals surface area contributed by atoms with E-state index in [1.54, 1.807) is 4.90 Å². The predicted molar refractivity (Wildman–Crippen MR) is 91.6 cm³/mol. The highest BCUT2D eigenvalue weighted by Gasteiger charge is 2.18. The number of urea groups is 1. The lowest BCUT2D eigenvalue weighted by Crippen LogP contribution is -2.41. The highest BCUT2D eigenvalue weighted by Crippen LogP contribution is 2.22. The van der Waals surface area contributed by atoms with E-state index in [0.29, 0.717) is 19.6 Å². The Balaban J connectivity index is 2.03. The zero-order valence-electron chi connectivity index (χ0n) is 14.2. The van der Waals surface area contributed by atoms with Crippen LogP contribution in [0.4, 0.5) is 10.6 Å². The standard InChI is InChI=1S/C17H28N4O2/c1-3-8-21(11-12-22)17(23)18-13-15-7-6-14(2)19-16(15)20-9-4-5-10-20/h6-7,22H,3-5,8-13H2,1-2H3,(H,18,23). The summed E-state index contributed by atoms with van der Waals surface area (Å²) in [5, 5.41) is 12.0. The monoisotopic (exact) mass is 320 g/mol. The van der Waals surface area contributed by atoms with E-state index in [1.165, 1.54) is 12.8 Å². The van der Waals surface area contributed by atoms with E-state index in [1.807, 2.05) is 26.0 Å². The Kier molecular flexibility index (Phi) is 6.65. The molecule has 2 amide bonds. The number of nitrogens with zero attached hydrogens (tertiary/aromatic N) is 3. The molecule has 1 aromatic rings. The molecule has 6 nitrogen and oxygen atoms in total. The van der Waals surface area contributed by atoms with Gasteiger partial charge in [-0.1, -0.05) is 13.0 Å². The molecule has 0 atom stereocenters. The highest BCUT2D eigenvalue weighted by atomic mass is 16.3. The van der Waals surface area contributed by atoms with Crippen LogP contribution in [-0.2, 0) is 6.54 Å². The largest absolute Gasteiger partial charge is 0.395 e. The summed E-state index contributed by atoms with van der Waals surface area (Å²) in [4.78, 5) is 20.9. The average molecular weight is 320 g/mol. The van der Waals surface area contributed by atoms with E-state index in [9.17, 15) is 4.79 Å². The quantitative estimate of drug-likeness (QED) is 0.805. The van der Waals surface area contributed by atoms with E-state index >= 15 is 0 Å². The van der Waals surface area contributed by atoms with Gasteiger partial charge in [-0.15, -0.1) is 0 Å². The van der Waals surface area contributed by atoms with Crippen LogP contribution in [0.25, 0.3) is 0 Å². The molecular weight excluding hydrogens is 292 g/mol. The van der Waals surface area contributed by atoms with Crippen molar-refractivity contribution in [3.8, 4) is 0 Å². The van der Waals surface area contributed by atoms with Crippen molar-refractivity contribution in [2.75, 3.05) is 37.7 Å². The molecule has 1 aliphatic rings. The van der Waals surface area contributed by atoms with Gasteiger partial charge in [-0.2, -0.15) is 0 Å². The maximum atomic E-state index is 12.3. The normalized spacial score (nSPS) is 14.1. The lowest BCUT2D eigenvalue weighted by atomic mass is 10.2. The van der Waals surface area contributed by atoms with Crippen LogP contribution in [0.1, 0.15) is 37.4 Å². The van der Waals surface area contributed by atoms with Crippen LogP contribution in [0, 0.1) is 6.92 Å². The number of hydrogen-bond donors (Lipinski definition) is 2. The predicted octanol–water partition coefficient (Wildman–Crippen LogP) is 1.90. The molecule has 0 unspecified atom stereocenters. The Morgan fingerprint density at radius 3 is 2.74 bits per heavy atom. The number of rotatable bonds is 7. The number of anilines is 1. The average Bonchev–Trinajstić information content (AvgIpc) is 3.07. The van der Waals surface area contributed by atoms with Gasteiger partial charge in [0.1, 0.15) is 5.82 Å². The minimum Gasteiger partial charge on any atom is -0.395 e. The number of hydrogen-bond acceptors (Lipinski definition) is 4. The number of aryl methyl sites for hydroxylation is 1. The van der Waals surface area contributed by atoms with Gasteiger partial charge in [0.25, 0.3) is 0 Å². The van der Waals surface area contributed by atoms with Gasteiger partial charge < -0.3 is 20.2 Å². The molecule has 0 radical (unpaired) electrons. The Morgan fingerprint density at radius 2 is 2.09 bits per heavy atom. The van der Waals surface area contributed by atoms with Crippen molar-refractivity contribution < 1.29 is 9.90 Å². The first-order valence-electron chi connectivity index (χ1n) is 8.50. The molecule has 1 aromatic heterocycles. The van der Waals surface area contributed by atoms with Crippen LogP contribution in [0.15, 0.2) is 12.1 Å². The number of aliphatic hydroxyl groups excluding tert-OH is 1. The third kappa shape index (κ3) is 4.82. The zero-order valence-corrected chi connectivity index (χ0v) is 14.2. The Hall–Kier alpha value is -1.82. The topological polar surface area (TPSA) is 68.7 Å². The molecule has 128 valence electrons. The second-order valence-electron chi connectivity index (χ2n) is 6.00. The van der Waals surface area contributed by atoms with Crippen LogP contribution >= 0.6 is 0 Å². The molecule has 6 heteroatoms. The molecule has 0 bridgehead atoms. The molecular formula is C17H28N4O2. The minimum atomic E-state index is -0.131. The summed E-state index contributed by atoms with van der Waals surface area (Å²) in [5.41, 5.74) is 2.04. The van der Waals surface area contributed by atoms with E-state index < -0.39 is 0 Å². The maximum Gasteiger partial charge on any atom is 0.317 e. The number of aromatic nitrogens is 1. The Bertz CT molecular complexity index is 509. The van der Waals surface area contributed by atoms with Crippen molar-refractivity contribution in [1.29, 1.82) is 0 Å². The van der Waals surface area contributed by atoms with Crippen molar-refractivity contribution >= 4 is 11.8 Å². The molecule has 0 aromatic carbocycles. The Morgan fingerprint density at radius 1 is 1.35 bits per heavy atom. The second-order valence-corrected chi connectivity index (χ2v) is 6.00. The number of carbonyl (C=O) groups excluding carboxylic acids is 1. The van der Waals surface area contributed by atoms with Crippen LogP contribution in [-0.4, -0.2) is 53.8 Å². The fraction of sp³-hybridized carbons (Fsp3) is 0.647. The molecule has 0 saturated carbocycles. The third-order valence-corrected chi connectivity index (χ3v) is 4.08. The first-order chi connectivity index (χ1) is 11.2. The lowest BCUT2D eigenvalue weighted by molar-refractivity contribution is 0.177. The van der Waals surface area contributed by atoms with Gasteiger partial charge in [-0.05, 0) is 32.3 Å². The maximum absolute atomic E-state index is 12.3. The number of amides is 2. The van der Waals surface area contributed by atoms with Crippen LogP contribution in [0.3, 0.4) is 0 Å². The van der Waals surface area contributed by atoms with Gasteiger partial charge in [-0.3, -0.25) is 0 Å². The molecule has 1 saturated heterocycles. The number of carbonyl (C=O) groups is 1. The molecule has 23 heavy (non-hydrogen) atoms. The SMILES string of the molecule is CCCN(CCO)C(=O)NCc1ccc(C)nc1N1CCCC1. The van der Waals surface area contributed by atoms with E-state index in [4.69, 9.17) is 5.11 Å². The van der Waals surface area contributed by atoms with Crippen LogP contribution in [0.2, 0.25) is 0 Å². The van der Waals surface area contributed by atoms with Crippen molar-refractivity contribution in [2.24, 2.45) is 0 Å². The number of nitrogens with one attached hydrogen (secondary N) is 1. The van der Waals surface area contributed by atoms with Gasteiger partial charge in [-0.25, -0.2) is 9.78 Å². The summed E-state index contributed by atoms with van der Waals surface area (Å²) >= 11 is 0. The summed E-state index contributed by atoms with van der Waals surface area (Å²) in [6.45, 7) is 7.54. The first-order valence-corrected chi connectivity index (χ1v) is 8.50. The molecule has 0 spiro atoms. The summed E-state index contributed by atoms with van der Waals surface area (Å²) in [6.07, 6.45) is 3.27. The third-order valence-electron chi connectivity index (χ3n) is 4.08. The van der Waals surface area contributed by atoms with Gasteiger partial charge >= 0.3 is 6.03 Å². The summed E-state index contributed by atoms with van der Waals surface area (Å²) < 4.78 is 0. The van der Waals surface area contributed by atoms with Crippen molar-refractivity contribution in [3.05, 3.63) is 23.4 Å². The molecule has 2 heterocycles. The first kappa shape index (κ1) is 17.5. The number of pyridine rings is 1. The van der Waals surface area contributed by atoms with Crippen molar-refractivity contribution in [3.63, 3.8) is 0 Å². The van der Waals surface area contributed by atoms with E-state index in [0.717, 1.165) is 36.6 Å². The summed E-state index contributed by atoms with van der Waals surface area (Å²) in [6, 6.07) is 3.90. The minimum absolute atomic E-state index is 0.0153. The van der Waals surface area contributed by atoms with Crippen molar-refractivity contribution in [1.82, 2.24) is 15.2 Å². The smallest absolute Gasteiger partial charge is 0.317 e. The zero-order chi connectivity index (χ0) is 16.7. The highest BCUT2D eigenvalue weighted by molar-refractivity contribution is 5.74. The lowest BCUT2D eigenvalue weighted by Gasteiger charge is -2.23. The van der Waals surface area contributed by atoms with E-state index in [-0.39, 0.29) is 12.6 Å². The second kappa shape index (κ2) is 8.72. The number of aliphatic hydroxyl groups is 1. The molecule has 1 aliphatic heterocycles. The molecule has 2 N–H and O–H groups in total. The van der Waals surface area contributed by atoms with Crippen molar-refractivity contribution in [2.45, 2.75) is 39.7 Å². The Labute approximate surface area is 138 Å². The van der Waals surface area contributed by atoms with Gasteiger partial charge in [0.2, 0.25) is 0 Å². The molecule has 1 fully saturated rings. The van der Waals surface area contributed by atoms with Crippen LogP contribution < -0.4 is 10.2 Å². The van der Waals surface area contributed by atoms with Crippen LogP contribution in [0.5, 0.6) is 0 Å². The fourth-order valence-corrected chi connectivity index (χ4v) is 2.90. The van der Waals surface area contributed by atoms with Gasteiger partial charge in [0.15, 0.2) is 0 Å². The van der Waals surface area contributed by atoms with Gasteiger partial charge in [0, 0.05) is 44.0 Å². The van der Waals surface area contributed by atoms with E-state index in [2.05, 4.69) is 15.2 Å². The fourth-order valence-electron chi connectivity index (χ4n) is 2.90. The molecule has 0 aliphatic carbocycles. The summed E-state index contributed by atoms with van der Waals surface area (Å²) in [5.74, 6) is 0.993. The molecule has 2 rings (SSSR count).